The fraction of sp³-hybridized carbons (Fsp3) is 0.231. The Labute approximate surface area is 110 Å². The van der Waals surface area contributed by atoms with Crippen LogP contribution in [0.2, 0.25) is 0 Å². The number of aryl methyl sites for hydroxylation is 1. The van der Waals surface area contributed by atoms with Crippen molar-refractivity contribution in [2.45, 2.75) is 6.92 Å². The lowest BCUT2D eigenvalue weighted by Gasteiger charge is -2.13. The van der Waals surface area contributed by atoms with Crippen LogP contribution in [0, 0.1) is 6.92 Å². The molecule has 0 unspecified atom stereocenters. The minimum atomic E-state index is -1.50. The van der Waals surface area contributed by atoms with E-state index >= 15 is 0 Å². The molecular formula is C13H14NO5-. The average Bonchev–Trinajstić information content (AvgIpc) is 2.38. The SMILES string of the molecule is COC(=O)C(=CC(=O)[O-])Nc1ccc(C)cc1OC. The van der Waals surface area contributed by atoms with Crippen LogP contribution in [0.25, 0.3) is 0 Å². The molecule has 1 N–H and O–H groups in total. The summed E-state index contributed by atoms with van der Waals surface area (Å²) in [6.07, 6.45) is 0.630. The summed E-state index contributed by atoms with van der Waals surface area (Å²) >= 11 is 0. The van der Waals surface area contributed by atoms with Gasteiger partial charge in [0.05, 0.1) is 25.9 Å². The van der Waals surface area contributed by atoms with Crippen LogP contribution in [0.5, 0.6) is 5.75 Å². The van der Waals surface area contributed by atoms with Gasteiger partial charge in [-0.25, -0.2) is 4.79 Å². The number of anilines is 1. The molecule has 0 bridgehead atoms. The quantitative estimate of drug-likeness (QED) is 0.604. The second-order valence-corrected chi connectivity index (χ2v) is 3.70. The molecule has 0 aliphatic heterocycles. The highest BCUT2D eigenvalue weighted by atomic mass is 16.5. The Morgan fingerprint density at radius 3 is 2.53 bits per heavy atom. The molecule has 0 spiro atoms. The van der Waals surface area contributed by atoms with Gasteiger partial charge in [0, 0.05) is 0 Å². The third-order valence-corrected chi connectivity index (χ3v) is 2.29. The Kier molecular flexibility index (Phi) is 4.93. The standard InChI is InChI=1S/C13H15NO5/c1-8-4-5-9(11(6-8)18-2)14-10(7-12(15)16)13(17)19-3/h4-7,14H,1-3H3,(H,15,16)/p-1. The number of hydrogen-bond acceptors (Lipinski definition) is 6. The maximum absolute atomic E-state index is 11.4. The van der Waals surface area contributed by atoms with Gasteiger partial charge in [0.15, 0.2) is 0 Å². The molecule has 0 radical (unpaired) electrons. The van der Waals surface area contributed by atoms with Crippen LogP contribution >= 0.6 is 0 Å². The zero-order chi connectivity index (χ0) is 14.4. The van der Waals surface area contributed by atoms with Gasteiger partial charge in [0.25, 0.3) is 0 Å². The molecule has 102 valence electrons. The number of hydrogen-bond donors (Lipinski definition) is 1. The van der Waals surface area contributed by atoms with Gasteiger partial charge in [-0.2, -0.15) is 0 Å². The summed E-state index contributed by atoms with van der Waals surface area (Å²) in [7, 11) is 2.62. The van der Waals surface area contributed by atoms with Gasteiger partial charge in [0.2, 0.25) is 0 Å². The number of carboxylic acid groups (broad SMARTS) is 1. The monoisotopic (exact) mass is 264 g/mol. The third kappa shape index (κ3) is 4.02. The second kappa shape index (κ2) is 6.44. The molecule has 0 aliphatic carbocycles. The minimum Gasteiger partial charge on any atom is -0.545 e. The van der Waals surface area contributed by atoms with Gasteiger partial charge in [-0.1, -0.05) is 6.07 Å². The fourth-order valence-electron chi connectivity index (χ4n) is 1.42. The lowest BCUT2D eigenvalue weighted by atomic mass is 10.2. The molecule has 1 aromatic rings. The van der Waals surface area contributed by atoms with Crippen LogP contribution in [-0.4, -0.2) is 26.2 Å². The summed E-state index contributed by atoms with van der Waals surface area (Å²) in [6, 6.07) is 5.20. The Morgan fingerprint density at radius 1 is 1.32 bits per heavy atom. The van der Waals surface area contributed by atoms with E-state index < -0.39 is 11.9 Å². The van der Waals surface area contributed by atoms with E-state index in [9.17, 15) is 14.7 Å². The van der Waals surface area contributed by atoms with Crippen LogP contribution in [0.4, 0.5) is 5.69 Å². The number of carbonyl (C=O) groups excluding carboxylic acids is 2. The largest absolute Gasteiger partial charge is 0.545 e. The highest BCUT2D eigenvalue weighted by Gasteiger charge is 2.12. The predicted octanol–water partition coefficient (Wildman–Crippen LogP) is 0.222. The van der Waals surface area contributed by atoms with Crippen LogP contribution in [-0.2, 0) is 14.3 Å². The number of aliphatic carboxylic acids is 1. The van der Waals surface area contributed by atoms with E-state index in [-0.39, 0.29) is 5.70 Å². The number of carbonyl (C=O) groups is 2. The van der Waals surface area contributed by atoms with Crippen LogP contribution in [0.15, 0.2) is 30.0 Å². The van der Waals surface area contributed by atoms with E-state index in [1.165, 1.54) is 7.11 Å². The molecule has 19 heavy (non-hydrogen) atoms. The van der Waals surface area contributed by atoms with Crippen molar-refractivity contribution in [3.05, 3.63) is 35.5 Å². The number of ether oxygens (including phenoxy) is 2. The lowest BCUT2D eigenvalue weighted by Crippen LogP contribution is -2.23. The summed E-state index contributed by atoms with van der Waals surface area (Å²) < 4.78 is 9.62. The molecule has 0 atom stereocenters. The first-order chi connectivity index (χ1) is 8.97. The lowest BCUT2D eigenvalue weighted by molar-refractivity contribution is -0.297. The van der Waals surface area contributed by atoms with E-state index in [2.05, 4.69) is 10.1 Å². The highest BCUT2D eigenvalue weighted by molar-refractivity contribution is 5.98. The molecule has 0 saturated heterocycles. The third-order valence-electron chi connectivity index (χ3n) is 2.29. The molecule has 0 amide bonds. The van der Waals surface area contributed by atoms with Crippen molar-refractivity contribution in [1.29, 1.82) is 0 Å². The average molecular weight is 264 g/mol. The number of methoxy groups -OCH3 is 2. The summed E-state index contributed by atoms with van der Waals surface area (Å²) in [5.74, 6) is -1.83. The van der Waals surface area contributed by atoms with Gasteiger partial charge >= 0.3 is 5.97 Å². The second-order valence-electron chi connectivity index (χ2n) is 3.70. The normalized spacial score (nSPS) is 10.8. The molecular weight excluding hydrogens is 250 g/mol. The molecule has 0 aliphatic rings. The fourth-order valence-corrected chi connectivity index (χ4v) is 1.42. The summed E-state index contributed by atoms with van der Waals surface area (Å²) in [4.78, 5) is 22.0. The van der Waals surface area contributed by atoms with Crippen molar-refractivity contribution >= 4 is 17.6 Å². The van der Waals surface area contributed by atoms with Crippen molar-refractivity contribution in [2.24, 2.45) is 0 Å². The number of nitrogens with one attached hydrogen (secondary N) is 1. The molecule has 0 heterocycles. The number of rotatable bonds is 5. The molecule has 6 nitrogen and oxygen atoms in total. The maximum atomic E-state index is 11.4. The topological polar surface area (TPSA) is 87.7 Å². The number of esters is 1. The molecule has 0 saturated carbocycles. The first-order valence-corrected chi connectivity index (χ1v) is 5.40. The zero-order valence-electron chi connectivity index (χ0n) is 10.9. The van der Waals surface area contributed by atoms with Crippen molar-refractivity contribution in [1.82, 2.24) is 0 Å². The van der Waals surface area contributed by atoms with Crippen molar-refractivity contribution < 1.29 is 24.2 Å². The number of carboxylic acids is 1. The van der Waals surface area contributed by atoms with E-state index in [1.54, 1.807) is 18.2 Å². The molecule has 6 heteroatoms. The Morgan fingerprint density at radius 2 is 2.00 bits per heavy atom. The Bertz CT molecular complexity index is 522. The van der Waals surface area contributed by atoms with Crippen LogP contribution < -0.4 is 15.2 Å². The predicted molar refractivity (Wildman–Crippen MR) is 66.5 cm³/mol. The highest BCUT2D eigenvalue weighted by Crippen LogP contribution is 2.26. The van der Waals surface area contributed by atoms with Gasteiger partial charge in [-0.3, -0.25) is 0 Å². The number of benzene rings is 1. The van der Waals surface area contributed by atoms with E-state index in [0.717, 1.165) is 12.7 Å². The Balaban J connectivity index is 3.10. The first-order valence-electron chi connectivity index (χ1n) is 5.40. The van der Waals surface area contributed by atoms with E-state index in [4.69, 9.17) is 4.74 Å². The first kappa shape index (κ1) is 14.6. The van der Waals surface area contributed by atoms with Gasteiger partial charge in [0.1, 0.15) is 11.4 Å². The van der Waals surface area contributed by atoms with Gasteiger partial charge in [-0.15, -0.1) is 0 Å². The molecule has 1 rings (SSSR count). The molecule has 1 aromatic carbocycles. The van der Waals surface area contributed by atoms with Crippen molar-refractivity contribution in [3.8, 4) is 5.75 Å². The summed E-state index contributed by atoms with van der Waals surface area (Å²) in [6.45, 7) is 1.88. The van der Waals surface area contributed by atoms with Crippen molar-refractivity contribution in [2.75, 3.05) is 19.5 Å². The van der Waals surface area contributed by atoms with E-state index in [0.29, 0.717) is 17.5 Å². The maximum Gasteiger partial charge on any atom is 0.354 e. The van der Waals surface area contributed by atoms with Gasteiger partial charge in [-0.05, 0) is 30.7 Å². The van der Waals surface area contributed by atoms with Crippen LogP contribution in [0.1, 0.15) is 5.56 Å². The van der Waals surface area contributed by atoms with E-state index in [1.807, 2.05) is 6.92 Å². The molecule has 0 fully saturated rings. The van der Waals surface area contributed by atoms with Crippen molar-refractivity contribution in [3.63, 3.8) is 0 Å². The Hall–Kier alpha value is -2.50. The molecule has 0 aromatic heterocycles. The summed E-state index contributed by atoms with van der Waals surface area (Å²) in [5, 5.41) is 13.2. The summed E-state index contributed by atoms with van der Waals surface area (Å²) in [5.41, 5.74) is 1.17. The van der Waals surface area contributed by atoms with Crippen LogP contribution in [0.3, 0.4) is 0 Å². The smallest absolute Gasteiger partial charge is 0.354 e. The minimum absolute atomic E-state index is 0.246. The van der Waals surface area contributed by atoms with Gasteiger partial charge < -0.3 is 24.7 Å². The zero-order valence-corrected chi connectivity index (χ0v) is 10.9.